The van der Waals surface area contributed by atoms with E-state index in [1.54, 1.807) is 19.0 Å². The number of hydrogen-bond acceptors (Lipinski definition) is 6. The largest absolute Gasteiger partial charge is 0.347 e. The van der Waals surface area contributed by atoms with Crippen LogP contribution < -0.4 is 10.2 Å². The average Bonchev–Trinajstić information content (AvgIpc) is 2.79. The Bertz CT molecular complexity index is 524. The Morgan fingerprint density at radius 2 is 2.42 bits per heavy atom. The van der Waals surface area contributed by atoms with Crippen LogP contribution in [-0.2, 0) is 4.79 Å². The predicted molar refractivity (Wildman–Crippen MR) is 74.5 cm³/mol. The summed E-state index contributed by atoms with van der Waals surface area (Å²) in [7, 11) is 3.45. The summed E-state index contributed by atoms with van der Waals surface area (Å²) in [5.41, 5.74) is 0. The maximum absolute atomic E-state index is 12.2. The number of thiazole rings is 1. The topological polar surface area (TPSA) is 72.3 Å². The molecule has 8 heteroatoms. The molecular formula is C11H14ClN5OS. The summed E-state index contributed by atoms with van der Waals surface area (Å²) < 4.78 is 0. The first-order valence-corrected chi connectivity index (χ1v) is 6.99. The molecule has 1 N–H and O–H groups in total. The number of halogens is 1. The normalized spacial score (nSPS) is 19.1. The Labute approximate surface area is 120 Å². The first kappa shape index (κ1) is 14.1. The molecule has 0 spiro atoms. The van der Waals surface area contributed by atoms with Crippen LogP contribution in [0.5, 0.6) is 0 Å². The van der Waals surface area contributed by atoms with Gasteiger partial charge in [-0.25, -0.2) is 4.98 Å². The number of aromatic nitrogens is 1. The van der Waals surface area contributed by atoms with Crippen molar-refractivity contribution in [3.8, 4) is 6.07 Å². The van der Waals surface area contributed by atoms with Crippen LogP contribution in [-0.4, -0.2) is 55.6 Å². The van der Waals surface area contributed by atoms with Crippen LogP contribution in [0, 0.1) is 11.3 Å². The van der Waals surface area contributed by atoms with Crippen molar-refractivity contribution in [2.75, 3.05) is 38.6 Å². The van der Waals surface area contributed by atoms with E-state index in [9.17, 15) is 4.79 Å². The summed E-state index contributed by atoms with van der Waals surface area (Å²) >= 11 is 7.12. The molecule has 1 fully saturated rings. The number of likely N-dealkylation sites (N-methyl/N-ethyl adjacent to an activating group) is 1. The molecule has 0 saturated carbocycles. The number of hydrogen-bond donors (Lipinski definition) is 1. The summed E-state index contributed by atoms with van der Waals surface area (Å²) in [6.45, 7) is 2.01. The number of carbonyl (C=O) groups is 1. The van der Waals surface area contributed by atoms with Gasteiger partial charge in [0.1, 0.15) is 17.0 Å². The van der Waals surface area contributed by atoms with Crippen LogP contribution in [0.25, 0.3) is 0 Å². The lowest BCUT2D eigenvalue weighted by Crippen LogP contribution is -2.57. The van der Waals surface area contributed by atoms with Crippen LogP contribution in [0.4, 0.5) is 5.13 Å². The van der Waals surface area contributed by atoms with Crippen molar-refractivity contribution in [3.63, 3.8) is 0 Å². The van der Waals surface area contributed by atoms with Crippen LogP contribution in [0.1, 0.15) is 4.88 Å². The molecule has 1 aliphatic heterocycles. The van der Waals surface area contributed by atoms with E-state index in [0.717, 1.165) is 6.54 Å². The minimum atomic E-state index is -0.308. The summed E-state index contributed by atoms with van der Waals surface area (Å²) in [6.07, 6.45) is 0. The third-order valence-electron chi connectivity index (χ3n) is 2.89. The maximum atomic E-state index is 12.2. The molecule has 1 saturated heterocycles. The van der Waals surface area contributed by atoms with Gasteiger partial charge in [0.2, 0.25) is 5.91 Å². The smallest absolute Gasteiger partial charge is 0.246 e. The van der Waals surface area contributed by atoms with Gasteiger partial charge < -0.3 is 15.1 Å². The second kappa shape index (κ2) is 5.74. The molecule has 102 valence electrons. The first-order valence-electron chi connectivity index (χ1n) is 5.79. The molecule has 1 aromatic rings. The van der Waals surface area contributed by atoms with E-state index in [-0.39, 0.29) is 17.1 Å². The van der Waals surface area contributed by atoms with Crippen molar-refractivity contribution in [3.05, 3.63) is 10.0 Å². The molecule has 1 aliphatic rings. The van der Waals surface area contributed by atoms with E-state index >= 15 is 0 Å². The number of nitrogens with zero attached hydrogens (tertiary/aromatic N) is 4. The molecule has 1 aromatic heterocycles. The Morgan fingerprint density at radius 1 is 1.68 bits per heavy atom. The summed E-state index contributed by atoms with van der Waals surface area (Å²) in [6, 6.07) is 1.70. The summed E-state index contributed by atoms with van der Waals surface area (Å²) in [5, 5.41) is 13.0. The molecule has 1 atom stereocenters. The van der Waals surface area contributed by atoms with Gasteiger partial charge in [-0.15, -0.1) is 0 Å². The van der Waals surface area contributed by atoms with E-state index in [0.29, 0.717) is 23.1 Å². The molecule has 2 heterocycles. The molecule has 19 heavy (non-hydrogen) atoms. The number of rotatable bonds is 2. The van der Waals surface area contributed by atoms with Gasteiger partial charge in [-0.2, -0.15) is 5.26 Å². The van der Waals surface area contributed by atoms with Gasteiger partial charge in [-0.1, -0.05) is 22.9 Å². The zero-order chi connectivity index (χ0) is 14.0. The second-order valence-corrected chi connectivity index (χ2v) is 5.71. The zero-order valence-electron chi connectivity index (χ0n) is 10.7. The Hall–Kier alpha value is -1.36. The number of piperazine rings is 1. The summed E-state index contributed by atoms with van der Waals surface area (Å²) in [4.78, 5) is 20.2. The Balaban J connectivity index is 2.29. The van der Waals surface area contributed by atoms with Gasteiger partial charge in [-0.05, 0) is 0 Å². The molecule has 0 aromatic carbocycles. The number of nitrogens with one attached hydrogen (secondary N) is 1. The van der Waals surface area contributed by atoms with Gasteiger partial charge >= 0.3 is 0 Å². The maximum Gasteiger partial charge on any atom is 0.246 e. The fourth-order valence-corrected chi connectivity index (χ4v) is 3.05. The van der Waals surface area contributed by atoms with Crippen LogP contribution in [0.15, 0.2) is 0 Å². The van der Waals surface area contributed by atoms with E-state index in [4.69, 9.17) is 16.9 Å². The molecule has 0 aliphatic carbocycles. The van der Waals surface area contributed by atoms with E-state index in [1.165, 1.54) is 11.3 Å². The molecule has 1 amide bonds. The molecule has 0 radical (unpaired) electrons. The number of carbonyl (C=O) groups excluding carboxylic acids is 1. The minimum Gasteiger partial charge on any atom is -0.347 e. The van der Waals surface area contributed by atoms with Gasteiger partial charge in [0.15, 0.2) is 10.3 Å². The lowest BCUT2D eigenvalue weighted by Gasteiger charge is -2.36. The van der Waals surface area contributed by atoms with Crippen molar-refractivity contribution in [1.82, 2.24) is 15.2 Å². The number of nitriles is 1. The standard InChI is InChI=1S/C11H14ClN5OS/c1-16(2)10(18)7-6-14-3-4-17(7)11-15-9(12)8(5-13)19-11/h7,14H,3-4,6H2,1-2H3. The van der Waals surface area contributed by atoms with Gasteiger partial charge in [0.25, 0.3) is 0 Å². The van der Waals surface area contributed by atoms with Crippen molar-refractivity contribution < 1.29 is 4.79 Å². The third-order valence-corrected chi connectivity index (χ3v) is 4.27. The Kier molecular flexibility index (Phi) is 4.24. The second-order valence-electron chi connectivity index (χ2n) is 4.37. The quantitative estimate of drug-likeness (QED) is 0.863. The van der Waals surface area contributed by atoms with Gasteiger partial charge in [0, 0.05) is 33.7 Å². The van der Waals surface area contributed by atoms with Crippen molar-refractivity contribution >= 4 is 34.0 Å². The minimum absolute atomic E-state index is 0.0111. The highest BCUT2D eigenvalue weighted by Gasteiger charge is 2.32. The van der Waals surface area contributed by atoms with E-state index < -0.39 is 0 Å². The highest BCUT2D eigenvalue weighted by molar-refractivity contribution is 7.16. The highest BCUT2D eigenvalue weighted by atomic mass is 35.5. The van der Waals surface area contributed by atoms with Gasteiger partial charge in [-0.3, -0.25) is 4.79 Å². The van der Waals surface area contributed by atoms with Crippen molar-refractivity contribution in [2.45, 2.75) is 6.04 Å². The van der Waals surface area contributed by atoms with Crippen molar-refractivity contribution in [1.29, 1.82) is 5.26 Å². The third kappa shape index (κ3) is 2.81. The lowest BCUT2D eigenvalue weighted by molar-refractivity contribution is -0.130. The van der Waals surface area contributed by atoms with Crippen LogP contribution in [0.2, 0.25) is 5.15 Å². The molecule has 1 unspecified atom stereocenters. The zero-order valence-corrected chi connectivity index (χ0v) is 12.3. The highest BCUT2D eigenvalue weighted by Crippen LogP contribution is 2.30. The van der Waals surface area contributed by atoms with Crippen LogP contribution in [0.3, 0.4) is 0 Å². The molecular weight excluding hydrogens is 286 g/mol. The average molecular weight is 300 g/mol. The fourth-order valence-electron chi connectivity index (χ4n) is 1.93. The number of anilines is 1. The van der Waals surface area contributed by atoms with Crippen molar-refractivity contribution in [2.24, 2.45) is 0 Å². The molecule has 2 rings (SSSR count). The van der Waals surface area contributed by atoms with E-state index in [2.05, 4.69) is 10.3 Å². The van der Waals surface area contributed by atoms with E-state index in [1.807, 2.05) is 11.0 Å². The summed E-state index contributed by atoms with van der Waals surface area (Å²) in [5.74, 6) is 0.0111. The SMILES string of the molecule is CN(C)C(=O)C1CNCCN1c1nc(Cl)c(C#N)s1. The molecule has 0 bridgehead atoms. The van der Waals surface area contributed by atoms with Gasteiger partial charge in [0.05, 0.1) is 0 Å². The monoisotopic (exact) mass is 299 g/mol. The molecule has 6 nitrogen and oxygen atoms in total. The first-order chi connectivity index (χ1) is 9.04. The Morgan fingerprint density at radius 3 is 3.00 bits per heavy atom. The predicted octanol–water partition coefficient (Wildman–Crippen LogP) is 0.535. The lowest BCUT2D eigenvalue weighted by atomic mass is 10.2. The fraction of sp³-hybridized carbons (Fsp3) is 0.545. The van der Waals surface area contributed by atoms with Crippen LogP contribution >= 0.6 is 22.9 Å². The number of amides is 1.